The average molecular weight is 436 g/mol. The zero-order valence-electron chi connectivity index (χ0n) is 18.5. The Hall–Kier alpha value is -4.09. The largest absolute Gasteiger partial charge is 0.358 e. The van der Waals surface area contributed by atoms with Crippen LogP contribution in [0.2, 0.25) is 0 Å². The highest BCUT2D eigenvalue weighted by atomic mass is 16.5. The quantitative estimate of drug-likeness (QED) is 0.156. The molecular weight excluding hydrogens is 410 g/mol. The molecule has 0 aliphatic rings. The summed E-state index contributed by atoms with van der Waals surface area (Å²) in [6, 6.07) is 25.1. The Morgan fingerprint density at radius 2 is 1.33 bits per heavy atom. The number of H-pyrrole nitrogens is 2. The van der Waals surface area contributed by atoms with Crippen molar-refractivity contribution in [2.45, 2.75) is 19.8 Å². The lowest BCUT2D eigenvalue weighted by atomic mass is 9.82. The highest BCUT2D eigenvalue weighted by Gasteiger charge is 2.26. The molecule has 0 unspecified atom stereocenters. The van der Waals surface area contributed by atoms with Gasteiger partial charge in [0.2, 0.25) is 0 Å². The molecule has 0 atom stereocenters. The normalized spacial score (nSPS) is 11.8. The lowest BCUT2D eigenvalue weighted by molar-refractivity contribution is -0.124. The van der Waals surface area contributed by atoms with Gasteiger partial charge in [-0.25, -0.2) is 5.48 Å². The van der Waals surface area contributed by atoms with Gasteiger partial charge >= 0.3 is 0 Å². The van der Waals surface area contributed by atoms with Crippen LogP contribution in [0.15, 0.2) is 78.9 Å². The number of aryl methyl sites for hydroxylation is 2. The molecule has 0 saturated heterocycles. The van der Waals surface area contributed by atoms with Crippen LogP contribution in [0.4, 0.5) is 0 Å². The molecule has 5 nitrogen and oxygen atoms in total. The predicted molar refractivity (Wildman–Crippen MR) is 132 cm³/mol. The van der Waals surface area contributed by atoms with E-state index in [4.69, 9.17) is 5.21 Å². The summed E-state index contributed by atoms with van der Waals surface area (Å²) in [6.07, 6.45) is 2.98. The summed E-state index contributed by atoms with van der Waals surface area (Å²) >= 11 is 0. The highest BCUT2D eigenvalue weighted by molar-refractivity contribution is 5.92. The van der Waals surface area contributed by atoms with E-state index in [0.29, 0.717) is 0 Å². The fraction of sp³-hybridized carbons (Fsp3) is 0.107. The summed E-state index contributed by atoms with van der Waals surface area (Å²) in [5.41, 5.74) is 10.7. The topological polar surface area (TPSA) is 80.9 Å². The smallest absolute Gasteiger partial charge is 0.267 e. The van der Waals surface area contributed by atoms with Crippen LogP contribution in [0, 0.1) is 13.8 Å². The second kappa shape index (κ2) is 8.45. The van der Waals surface area contributed by atoms with Gasteiger partial charge in [0.05, 0.1) is 0 Å². The van der Waals surface area contributed by atoms with E-state index >= 15 is 0 Å². The van der Waals surface area contributed by atoms with Crippen molar-refractivity contribution < 1.29 is 10.0 Å². The maximum atomic E-state index is 11.3. The second-order valence-electron chi connectivity index (χ2n) is 8.33. The number of nitrogens with one attached hydrogen (secondary N) is 3. The lowest BCUT2D eigenvalue weighted by Crippen LogP contribution is -2.14. The number of fused-ring (bicyclic) bond motifs is 2. The first-order valence-corrected chi connectivity index (χ1v) is 10.9. The van der Waals surface area contributed by atoms with Gasteiger partial charge in [0.1, 0.15) is 0 Å². The molecule has 33 heavy (non-hydrogen) atoms. The molecule has 1 amide bonds. The van der Waals surface area contributed by atoms with Gasteiger partial charge in [0, 0.05) is 45.2 Å². The Bertz CT molecular complexity index is 1410. The van der Waals surface area contributed by atoms with E-state index in [1.165, 1.54) is 33.5 Å². The van der Waals surface area contributed by atoms with E-state index in [1.54, 1.807) is 11.6 Å². The molecule has 5 heteroatoms. The Labute approximate surface area is 191 Å². The number of carbonyl (C=O) groups excluding carboxylic acids is 1. The van der Waals surface area contributed by atoms with Gasteiger partial charge in [0.15, 0.2) is 0 Å². The fourth-order valence-corrected chi connectivity index (χ4v) is 4.83. The van der Waals surface area contributed by atoms with E-state index in [-0.39, 0.29) is 5.92 Å². The van der Waals surface area contributed by atoms with Gasteiger partial charge in [-0.2, -0.15) is 0 Å². The number of para-hydroxylation sites is 2. The molecule has 4 N–H and O–H groups in total. The summed E-state index contributed by atoms with van der Waals surface area (Å²) in [5.74, 6) is -0.531. The van der Waals surface area contributed by atoms with Crippen LogP contribution < -0.4 is 5.48 Å². The van der Waals surface area contributed by atoms with Crippen molar-refractivity contribution in [3.8, 4) is 0 Å². The number of rotatable bonds is 5. The van der Waals surface area contributed by atoms with Crippen LogP contribution in [0.5, 0.6) is 0 Å². The van der Waals surface area contributed by atoms with E-state index in [9.17, 15) is 4.79 Å². The van der Waals surface area contributed by atoms with Crippen molar-refractivity contribution in [3.63, 3.8) is 0 Å². The molecule has 164 valence electrons. The van der Waals surface area contributed by atoms with Crippen LogP contribution in [0.3, 0.4) is 0 Å². The van der Waals surface area contributed by atoms with Crippen molar-refractivity contribution in [2.24, 2.45) is 0 Å². The van der Waals surface area contributed by atoms with E-state index < -0.39 is 5.91 Å². The third-order valence-electron chi connectivity index (χ3n) is 6.27. The Balaban J connectivity index is 1.72. The van der Waals surface area contributed by atoms with Crippen molar-refractivity contribution in [2.75, 3.05) is 0 Å². The summed E-state index contributed by atoms with van der Waals surface area (Å²) in [4.78, 5) is 18.5. The zero-order chi connectivity index (χ0) is 22.9. The van der Waals surface area contributed by atoms with Gasteiger partial charge in [-0.1, -0.05) is 60.7 Å². The van der Waals surface area contributed by atoms with Crippen LogP contribution in [0.1, 0.15) is 39.6 Å². The Morgan fingerprint density at radius 1 is 0.818 bits per heavy atom. The van der Waals surface area contributed by atoms with Crippen LogP contribution in [0.25, 0.3) is 27.9 Å². The van der Waals surface area contributed by atoms with Crippen LogP contribution in [-0.2, 0) is 4.79 Å². The molecule has 0 saturated carbocycles. The van der Waals surface area contributed by atoms with E-state index in [0.717, 1.165) is 28.0 Å². The molecule has 0 spiro atoms. The summed E-state index contributed by atoms with van der Waals surface area (Å²) in [5, 5.41) is 11.1. The third kappa shape index (κ3) is 3.73. The molecule has 5 rings (SSSR count). The van der Waals surface area contributed by atoms with Crippen LogP contribution in [-0.4, -0.2) is 21.1 Å². The summed E-state index contributed by atoms with van der Waals surface area (Å²) in [6.45, 7) is 4.27. The van der Waals surface area contributed by atoms with Crippen molar-refractivity contribution in [1.82, 2.24) is 15.4 Å². The highest BCUT2D eigenvalue weighted by Crippen LogP contribution is 2.42. The first-order valence-electron chi connectivity index (χ1n) is 10.9. The Kier molecular flexibility index (Phi) is 5.32. The van der Waals surface area contributed by atoms with Crippen molar-refractivity contribution >= 4 is 33.8 Å². The van der Waals surface area contributed by atoms with Gasteiger partial charge in [0.25, 0.3) is 5.91 Å². The number of benzene rings is 3. The van der Waals surface area contributed by atoms with E-state index in [1.807, 2.05) is 12.1 Å². The number of amides is 1. The van der Waals surface area contributed by atoms with Gasteiger partial charge in [-0.3, -0.25) is 10.0 Å². The summed E-state index contributed by atoms with van der Waals surface area (Å²) in [7, 11) is 0. The standard InChI is InChI=1S/C28H25N3O2/c1-17-26(21-7-3-5-9-23(21)29-17)28(27-18(2)30-24-10-6-4-8-22(24)27)20-14-11-19(12-15-20)13-16-25(32)31-33/h3-16,28-30,33H,1-2H3,(H,31,32)/b16-13+. The predicted octanol–water partition coefficient (Wildman–Crippen LogP) is 5.96. The number of aromatic nitrogens is 2. The van der Waals surface area contributed by atoms with Gasteiger partial charge in [-0.15, -0.1) is 0 Å². The molecule has 0 aliphatic carbocycles. The Morgan fingerprint density at radius 3 is 1.85 bits per heavy atom. The van der Waals surface area contributed by atoms with Crippen LogP contribution >= 0.6 is 0 Å². The van der Waals surface area contributed by atoms with E-state index in [2.05, 4.69) is 84.5 Å². The first kappa shape index (κ1) is 20.8. The summed E-state index contributed by atoms with van der Waals surface area (Å²) < 4.78 is 0. The third-order valence-corrected chi connectivity index (χ3v) is 6.27. The van der Waals surface area contributed by atoms with Crippen molar-refractivity contribution in [3.05, 3.63) is 113 Å². The maximum absolute atomic E-state index is 11.3. The molecule has 0 fully saturated rings. The minimum absolute atomic E-state index is 0.0241. The SMILES string of the molecule is Cc1[nH]c2ccccc2c1C(c1ccc(/C=C/C(=O)NO)cc1)c1c(C)[nH]c2ccccc12. The molecule has 3 aromatic carbocycles. The number of hydroxylamine groups is 1. The number of aromatic amines is 2. The monoisotopic (exact) mass is 435 g/mol. The molecule has 0 bridgehead atoms. The molecule has 0 radical (unpaired) electrons. The average Bonchev–Trinajstić information content (AvgIpc) is 3.34. The van der Waals surface area contributed by atoms with Crippen molar-refractivity contribution in [1.29, 1.82) is 0 Å². The number of carbonyl (C=O) groups is 1. The first-order chi connectivity index (χ1) is 16.1. The lowest BCUT2D eigenvalue weighted by Gasteiger charge is -2.20. The number of hydrogen-bond donors (Lipinski definition) is 4. The molecular formula is C28H25N3O2. The molecule has 0 aliphatic heterocycles. The van der Waals surface area contributed by atoms with Gasteiger partial charge in [-0.05, 0) is 54.3 Å². The van der Waals surface area contributed by atoms with Gasteiger partial charge < -0.3 is 9.97 Å². The maximum Gasteiger partial charge on any atom is 0.267 e. The molecule has 2 heterocycles. The molecule has 2 aromatic heterocycles. The fourth-order valence-electron chi connectivity index (χ4n) is 4.83. The molecule has 5 aromatic rings. The minimum atomic E-state index is -0.555. The zero-order valence-corrected chi connectivity index (χ0v) is 18.5. The second-order valence-corrected chi connectivity index (χ2v) is 8.33. The minimum Gasteiger partial charge on any atom is -0.358 e. The number of hydrogen-bond acceptors (Lipinski definition) is 2.